The molecule has 0 bridgehead atoms. The predicted octanol–water partition coefficient (Wildman–Crippen LogP) is -0.239. The number of hydrogen-bond acceptors (Lipinski definition) is 3. The fraction of sp³-hybridized carbons (Fsp3) is 0. The van der Waals surface area contributed by atoms with Crippen LogP contribution < -0.4 is 0 Å². The molecule has 0 atom stereocenters. The highest BCUT2D eigenvalue weighted by Gasteiger charge is 2.31. The molecule has 0 saturated heterocycles. The number of aromatic nitrogens is 1. The molecule has 0 unspecified atom stereocenters. The lowest BCUT2D eigenvalue weighted by Gasteiger charge is -2.03. The van der Waals surface area contributed by atoms with Crippen molar-refractivity contribution in [2.75, 3.05) is 0 Å². The van der Waals surface area contributed by atoms with Crippen LogP contribution in [0.5, 0.6) is 0 Å². The molecular weight excluding hydrogens is 155 g/mol. The van der Waals surface area contributed by atoms with Gasteiger partial charge in [0.15, 0.2) is 0 Å². The number of pyridine rings is 1. The van der Waals surface area contributed by atoms with E-state index in [1.807, 2.05) is 0 Å². The molecule has 5 heteroatoms. The van der Waals surface area contributed by atoms with Crippen molar-refractivity contribution in [3.8, 4) is 0 Å². The van der Waals surface area contributed by atoms with Gasteiger partial charge < -0.3 is 4.81 Å². The Labute approximate surface area is 69.6 Å². The van der Waals surface area contributed by atoms with Crippen molar-refractivity contribution < 1.29 is 9.59 Å². The normalized spacial score (nSPS) is 15.2. The van der Waals surface area contributed by atoms with E-state index in [0.717, 1.165) is 0 Å². The van der Waals surface area contributed by atoms with Crippen LogP contribution in [-0.2, 0) is 0 Å². The van der Waals surface area contributed by atoms with Gasteiger partial charge in [0.2, 0.25) is 19.8 Å². The third-order valence-corrected chi connectivity index (χ3v) is 1.72. The van der Waals surface area contributed by atoms with Crippen LogP contribution in [0.25, 0.3) is 0 Å². The molecular formula is C7H3BN2O2. The summed E-state index contributed by atoms with van der Waals surface area (Å²) in [6.07, 6.45) is 2.78. The van der Waals surface area contributed by atoms with Gasteiger partial charge in [0.1, 0.15) is 0 Å². The summed E-state index contributed by atoms with van der Waals surface area (Å²) in [4.78, 5) is 26.6. The Balaban J connectivity index is 2.67. The molecule has 56 valence electrons. The Morgan fingerprint density at radius 1 is 1.25 bits per heavy atom. The van der Waals surface area contributed by atoms with Crippen LogP contribution in [0.4, 0.5) is 0 Å². The van der Waals surface area contributed by atoms with Gasteiger partial charge in [-0.15, -0.1) is 0 Å². The van der Waals surface area contributed by atoms with Gasteiger partial charge in [0.05, 0.1) is 11.1 Å². The second kappa shape index (κ2) is 2.17. The Kier molecular flexibility index (Phi) is 1.27. The molecule has 0 fully saturated rings. The average Bonchev–Trinajstić information content (AvgIpc) is 2.33. The van der Waals surface area contributed by atoms with Crippen molar-refractivity contribution in [2.24, 2.45) is 0 Å². The summed E-state index contributed by atoms with van der Waals surface area (Å²) in [7, 11) is 5.18. The highest BCUT2D eigenvalue weighted by molar-refractivity contribution is 6.36. The predicted molar refractivity (Wildman–Crippen MR) is 40.5 cm³/mol. The highest BCUT2D eigenvalue weighted by Crippen LogP contribution is 2.18. The summed E-state index contributed by atoms with van der Waals surface area (Å²) in [5.41, 5.74) is 0.586. The van der Waals surface area contributed by atoms with E-state index in [2.05, 4.69) is 4.98 Å². The maximum atomic E-state index is 11.2. The zero-order chi connectivity index (χ0) is 8.72. The first-order valence-electron chi connectivity index (χ1n) is 3.29. The van der Waals surface area contributed by atoms with E-state index in [1.165, 1.54) is 18.5 Å². The third-order valence-electron chi connectivity index (χ3n) is 1.72. The number of hydrogen-bond donors (Lipinski definition) is 0. The second-order valence-electron chi connectivity index (χ2n) is 2.40. The zero-order valence-electron chi connectivity index (χ0n) is 6.02. The van der Waals surface area contributed by atoms with E-state index >= 15 is 0 Å². The molecule has 0 aromatic carbocycles. The number of fused-ring (bicyclic) bond motifs is 1. The summed E-state index contributed by atoms with van der Waals surface area (Å²) in [5, 5.41) is 0. The second-order valence-corrected chi connectivity index (χ2v) is 2.40. The molecule has 0 spiro atoms. The van der Waals surface area contributed by atoms with Gasteiger partial charge in [-0.2, -0.15) is 0 Å². The molecule has 1 aliphatic rings. The van der Waals surface area contributed by atoms with Crippen LogP contribution in [0.1, 0.15) is 20.7 Å². The van der Waals surface area contributed by atoms with Gasteiger partial charge in [-0.05, 0) is 6.07 Å². The molecule has 2 rings (SSSR count). The van der Waals surface area contributed by atoms with Crippen LogP contribution >= 0.6 is 0 Å². The molecule has 1 aromatic heterocycles. The van der Waals surface area contributed by atoms with Gasteiger partial charge in [-0.1, -0.05) is 0 Å². The molecule has 2 heterocycles. The quantitative estimate of drug-likeness (QED) is 0.386. The summed E-state index contributed by atoms with van der Waals surface area (Å²) in [6.45, 7) is 0. The van der Waals surface area contributed by atoms with Crippen LogP contribution in [0.3, 0.4) is 0 Å². The van der Waals surface area contributed by atoms with Crippen molar-refractivity contribution in [3.05, 3.63) is 29.6 Å². The topological polar surface area (TPSA) is 50.3 Å². The molecule has 1 aliphatic heterocycles. The fourth-order valence-corrected chi connectivity index (χ4v) is 1.10. The maximum absolute atomic E-state index is 11.2. The lowest BCUT2D eigenvalue weighted by Crippen LogP contribution is -2.26. The standard InChI is InChI=1S/C7H3BN2O2/c8-10-6(11)4-1-2-9-3-5(4)7(10)12/h1-3H. The van der Waals surface area contributed by atoms with Crippen molar-refractivity contribution >= 4 is 19.8 Å². The van der Waals surface area contributed by atoms with Crippen molar-refractivity contribution in [1.82, 2.24) is 9.79 Å². The first-order valence-corrected chi connectivity index (χ1v) is 3.29. The molecule has 0 saturated carbocycles. The van der Waals surface area contributed by atoms with E-state index in [1.54, 1.807) is 0 Å². The first kappa shape index (κ1) is 7.03. The number of rotatable bonds is 0. The lowest BCUT2D eigenvalue weighted by atomic mass is 10.2. The number of carbonyl (C=O) groups excluding carboxylic acids is 2. The molecule has 0 N–H and O–H groups in total. The van der Waals surface area contributed by atoms with Gasteiger partial charge in [0.25, 0.3) is 0 Å². The molecule has 4 nitrogen and oxygen atoms in total. The summed E-state index contributed by atoms with van der Waals surface area (Å²) < 4.78 is 0. The number of nitrogens with zero attached hydrogens (tertiary/aromatic N) is 2. The van der Waals surface area contributed by atoms with E-state index < -0.39 is 11.8 Å². The maximum Gasteiger partial charge on any atom is 0.249 e. The van der Waals surface area contributed by atoms with Gasteiger partial charge in [0, 0.05) is 12.4 Å². The van der Waals surface area contributed by atoms with Gasteiger partial charge in [-0.3, -0.25) is 14.6 Å². The van der Waals surface area contributed by atoms with Crippen LogP contribution in [0.2, 0.25) is 0 Å². The van der Waals surface area contributed by atoms with E-state index in [0.29, 0.717) is 10.4 Å². The monoisotopic (exact) mass is 158 g/mol. The minimum Gasteiger partial charge on any atom is -0.332 e. The van der Waals surface area contributed by atoms with E-state index in [4.69, 9.17) is 7.98 Å². The average molecular weight is 158 g/mol. The Bertz CT molecular complexity index is 342. The van der Waals surface area contributed by atoms with Gasteiger partial charge >= 0.3 is 0 Å². The minimum atomic E-state index is -0.497. The zero-order valence-corrected chi connectivity index (χ0v) is 6.02. The number of amides is 2. The summed E-state index contributed by atoms with van der Waals surface area (Å²) in [5.74, 6) is -0.972. The fourth-order valence-electron chi connectivity index (χ4n) is 1.10. The Morgan fingerprint density at radius 3 is 2.58 bits per heavy atom. The molecule has 12 heavy (non-hydrogen) atoms. The number of imide groups is 1. The highest BCUT2D eigenvalue weighted by atomic mass is 16.2. The Morgan fingerprint density at radius 2 is 1.92 bits per heavy atom. The first-order chi connectivity index (χ1) is 5.72. The lowest BCUT2D eigenvalue weighted by molar-refractivity contribution is 0.0766. The van der Waals surface area contributed by atoms with E-state index in [-0.39, 0.29) is 5.56 Å². The van der Waals surface area contributed by atoms with Crippen LogP contribution in [-0.4, -0.2) is 29.6 Å². The van der Waals surface area contributed by atoms with Crippen molar-refractivity contribution in [1.29, 1.82) is 0 Å². The molecule has 1 aromatic rings. The summed E-state index contributed by atoms with van der Waals surface area (Å²) in [6, 6.07) is 1.47. The van der Waals surface area contributed by atoms with Gasteiger partial charge in [-0.25, -0.2) is 0 Å². The third kappa shape index (κ3) is 0.703. The largest absolute Gasteiger partial charge is 0.332 e. The summed E-state index contributed by atoms with van der Waals surface area (Å²) >= 11 is 0. The SMILES string of the molecule is [B]N1C(=O)c2ccncc2C1=O. The smallest absolute Gasteiger partial charge is 0.249 e. The minimum absolute atomic E-state index is 0.269. The molecule has 2 radical (unpaired) electrons. The number of carbonyl (C=O) groups is 2. The van der Waals surface area contributed by atoms with Crippen LogP contribution in [0.15, 0.2) is 18.5 Å². The van der Waals surface area contributed by atoms with Crippen molar-refractivity contribution in [2.45, 2.75) is 0 Å². The molecule has 0 aliphatic carbocycles. The van der Waals surface area contributed by atoms with Crippen LogP contribution in [0, 0.1) is 0 Å². The van der Waals surface area contributed by atoms with E-state index in [9.17, 15) is 9.59 Å². The molecule has 2 amide bonds. The Hall–Kier alpha value is -1.65. The van der Waals surface area contributed by atoms with Crippen molar-refractivity contribution in [3.63, 3.8) is 0 Å².